The number of rotatable bonds is 1. The quantitative estimate of drug-likeness (QED) is 0.794. The van der Waals surface area contributed by atoms with Crippen molar-refractivity contribution in [3.63, 3.8) is 0 Å². The zero-order valence-electron chi connectivity index (χ0n) is 11.1. The summed E-state index contributed by atoms with van der Waals surface area (Å²) in [5.41, 5.74) is 2.58. The van der Waals surface area contributed by atoms with Crippen LogP contribution in [0.25, 0.3) is 0 Å². The van der Waals surface area contributed by atoms with Gasteiger partial charge in [-0.05, 0) is 25.0 Å². The van der Waals surface area contributed by atoms with Gasteiger partial charge in [0.1, 0.15) is 11.4 Å². The van der Waals surface area contributed by atoms with E-state index >= 15 is 0 Å². The van der Waals surface area contributed by atoms with Crippen molar-refractivity contribution in [2.24, 2.45) is 0 Å². The van der Waals surface area contributed by atoms with Gasteiger partial charge in [0.25, 0.3) is 0 Å². The highest BCUT2D eigenvalue weighted by Crippen LogP contribution is 2.41. The normalized spacial score (nSPS) is 21.4. The van der Waals surface area contributed by atoms with Gasteiger partial charge >= 0.3 is 0 Å². The molecule has 1 aliphatic carbocycles. The first-order valence-corrected chi connectivity index (χ1v) is 7.02. The Morgan fingerprint density at radius 3 is 2.61 bits per heavy atom. The molecule has 0 atom stereocenters. The van der Waals surface area contributed by atoms with Crippen LogP contribution in [0.2, 0.25) is 0 Å². The summed E-state index contributed by atoms with van der Waals surface area (Å²) >= 11 is 0. The largest absolute Gasteiger partial charge is 0.495 e. The second kappa shape index (κ2) is 4.71. The molecule has 98 valence electrons. The summed E-state index contributed by atoms with van der Waals surface area (Å²) in [5, 5.41) is 7.37. The average Bonchev–Trinajstić information content (AvgIpc) is 2.63. The molecule has 3 nitrogen and oxygen atoms in total. The minimum Gasteiger partial charge on any atom is -0.495 e. The van der Waals surface area contributed by atoms with E-state index in [0.29, 0.717) is 0 Å². The molecule has 0 amide bonds. The van der Waals surface area contributed by atoms with Crippen LogP contribution in [-0.4, -0.2) is 19.2 Å². The Hall–Kier alpha value is -1.38. The third-order valence-electron chi connectivity index (χ3n) is 4.31. The number of hydrogen-bond acceptors (Lipinski definition) is 3. The van der Waals surface area contributed by atoms with Crippen molar-refractivity contribution in [1.29, 1.82) is 0 Å². The van der Waals surface area contributed by atoms with Crippen molar-refractivity contribution < 1.29 is 4.74 Å². The number of hydrogen-bond donors (Lipinski definition) is 2. The molecule has 3 heteroatoms. The van der Waals surface area contributed by atoms with Crippen LogP contribution in [-0.2, 0) is 0 Å². The van der Waals surface area contributed by atoms with Crippen LogP contribution >= 0.6 is 0 Å². The first kappa shape index (κ1) is 11.7. The van der Waals surface area contributed by atoms with Gasteiger partial charge in [0.05, 0.1) is 18.3 Å². The molecule has 18 heavy (non-hydrogen) atoms. The van der Waals surface area contributed by atoms with E-state index in [0.717, 1.165) is 18.0 Å². The SMILES string of the molecule is COc1cccc2c1NCC1(CCCCCC1)N2. The Labute approximate surface area is 109 Å². The minimum absolute atomic E-state index is 0.260. The van der Waals surface area contributed by atoms with Crippen molar-refractivity contribution in [3.05, 3.63) is 18.2 Å². The topological polar surface area (TPSA) is 33.3 Å². The molecule has 1 saturated carbocycles. The van der Waals surface area contributed by atoms with Gasteiger partial charge < -0.3 is 15.4 Å². The Balaban J connectivity index is 1.88. The number of methoxy groups -OCH3 is 1. The molecular formula is C15H22N2O. The van der Waals surface area contributed by atoms with Crippen LogP contribution < -0.4 is 15.4 Å². The summed E-state index contributed by atoms with van der Waals surface area (Å²) in [5.74, 6) is 0.934. The van der Waals surface area contributed by atoms with E-state index in [4.69, 9.17) is 4.74 Å². The van der Waals surface area contributed by atoms with Crippen molar-refractivity contribution in [3.8, 4) is 5.75 Å². The van der Waals surface area contributed by atoms with E-state index in [1.165, 1.54) is 44.2 Å². The summed E-state index contributed by atoms with van der Waals surface area (Å²) < 4.78 is 5.41. The number of nitrogens with one attached hydrogen (secondary N) is 2. The van der Waals surface area contributed by atoms with Gasteiger partial charge in [-0.25, -0.2) is 0 Å². The maximum Gasteiger partial charge on any atom is 0.144 e. The van der Waals surface area contributed by atoms with Crippen LogP contribution in [0.3, 0.4) is 0 Å². The third-order valence-corrected chi connectivity index (χ3v) is 4.31. The summed E-state index contributed by atoms with van der Waals surface area (Å²) in [6, 6.07) is 6.22. The molecule has 0 bridgehead atoms. The number of anilines is 2. The predicted octanol–water partition coefficient (Wildman–Crippen LogP) is 3.63. The molecule has 1 aliphatic heterocycles. The van der Waals surface area contributed by atoms with Gasteiger partial charge in [-0.1, -0.05) is 31.7 Å². The summed E-state index contributed by atoms with van der Waals surface area (Å²) in [6.45, 7) is 1.01. The molecule has 2 N–H and O–H groups in total. The highest BCUT2D eigenvalue weighted by Gasteiger charge is 2.34. The van der Waals surface area contributed by atoms with Gasteiger partial charge in [-0.15, -0.1) is 0 Å². The van der Waals surface area contributed by atoms with E-state index in [2.05, 4.69) is 22.8 Å². The van der Waals surface area contributed by atoms with Crippen LogP contribution in [0, 0.1) is 0 Å². The Morgan fingerprint density at radius 1 is 1.11 bits per heavy atom. The summed E-state index contributed by atoms with van der Waals surface area (Å²) in [6.07, 6.45) is 8.00. The first-order chi connectivity index (χ1) is 8.83. The van der Waals surface area contributed by atoms with E-state index in [9.17, 15) is 0 Å². The fraction of sp³-hybridized carbons (Fsp3) is 0.600. The molecule has 1 heterocycles. The Bertz CT molecular complexity index is 423. The molecule has 1 fully saturated rings. The number of fused-ring (bicyclic) bond motifs is 1. The molecule has 0 unspecified atom stereocenters. The third kappa shape index (κ3) is 2.02. The molecule has 0 aromatic heterocycles. The van der Waals surface area contributed by atoms with Crippen molar-refractivity contribution in [1.82, 2.24) is 0 Å². The lowest BCUT2D eigenvalue weighted by Crippen LogP contribution is -2.47. The maximum absolute atomic E-state index is 5.41. The van der Waals surface area contributed by atoms with Crippen LogP contribution in [0.15, 0.2) is 18.2 Å². The van der Waals surface area contributed by atoms with E-state index < -0.39 is 0 Å². The molecule has 1 spiro atoms. The Morgan fingerprint density at radius 2 is 1.89 bits per heavy atom. The number of para-hydroxylation sites is 1. The molecule has 3 rings (SSSR count). The van der Waals surface area contributed by atoms with Gasteiger partial charge in [0, 0.05) is 6.54 Å². The number of ether oxygens (including phenoxy) is 1. The molecule has 1 aromatic carbocycles. The monoisotopic (exact) mass is 246 g/mol. The number of benzene rings is 1. The van der Waals surface area contributed by atoms with E-state index in [-0.39, 0.29) is 5.54 Å². The van der Waals surface area contributed by atoms with Crippen molar-refractivity contribution in [2.45, 2.75) is 44.1 Å². The van der Waals surface area contributed by atoms with E-state index in [1.807, 2.05) is 6.07 Å². The first-order valence-electron chi connectivity index (χ1n) is 7.02. The lowest BCUT2D eigenvalue weighted by molar-refractivity contribution is 0.405. The smallest absolute Gasteiger partial charge is 0.144 e. The van der Waals surface area contributed by atoms with Gasteiger partial charge in [0.15, 0.2) is 0 Å². The molecular weight excluding hydrogens is 224 g/mol. The van der Waals surface area contributed by atoms with E-state index in [1.54, 1.807) is 7.11 Å². The molecule has 1 aromatic rings. The zero-order chi connectivity index (χ0) is 12.4. The summed E-state index contributed by atoms with van der Waals surface area (Å²) in [7, 11) is 1.73. The lowest BCUT2D eigenvalue weighted by atomic mass is 9.87. The maximum atomic E-state index is 5.41. The second-order valence-electron chi connectivity index (χ2n) is 5.56. The van der Waals surface area contributed by atoms with Crippen molar-refractivity contribution >= 4 is 11.4 Å². The van der Waals surface area contributed by atoms with Crippen LogP contribution in [0.5, 0.6) is 5.75 Å². The molecule has 0 saturated heterocycles. The molecule has 0 radical (unpaired) electrons. The second-order valence-corrected chi connectivity index (χ2v) is 5.56. The minimum atomic E-state index is 0.260. The zero-order valence-corrected chi connectivity index (χ0v) is 11.1. The fourth-order valence-corrected chi connectivity index (χ4v) is 3.28. The predicted molar refractivity (Wildman–Crippen MR) is 75.5 cm³/mol. The lowest BCUT2D eigenvalue weighted by Gasteiger charge is -2.40. The van der Waals surface area contributed by atoms with Gasteiger partial charge in [0.2, 0.25) is 0 Å². The van der Waals surface area contributed by atoms with Crippen LogP contribution in [0.1, 0.15) is 38.5 Å². The fourth-order valence-electron chi connectivity index (χ4n) is 3.28. The van der Waals surface area contributed by atoms with Gasteiger partial charge in [-0.3, -0.25) is 0 Å². The van der Waals surface area contributed by atoms with Crippen LogP contribution in [0.4, 0.5) is 11.4 Å². The van der Waals surface area contributed by atoms with Crippen molar-refractivity contribution in [2.75, 3.05) is 24.3 Å². The highest BCUT2D eigenvalue weighted by molar-refractivity contribution is 5.78. The molecule has 2 aliphatic rings. The standard InChI is InChI=1S/C15H22N2O/c1-18-13-8-6-7-12-14(13)16-11-15(17-12)9-4-2-3-5-10-15/h6-8,16-17H,2-5,9-11H2,1H3. The average molecular weight is 246 g/mol. The van der Waals surface area contributed by atoms with Gasteiger partial charge in [-0.2, -0.15) is 0 Å². The Kier molecular flexibility index (Phi) is 3.06. The summed E-state index contributed by atoms with van der Waals surface area (Å²) in [4.78, 5) is 0. The highest BCUT2D eigenvalue weighted by atomic mass is 16.5.